The zero-order valence-corrected chi connectivity index (χ0v) is 12.0. The van der Waals surface area contributed by atoms with Gasteiger partial charge in [0.05, 0.1) is 0 Å². The molecule has 0 fully saturated rings. The van der Waals surface area contributed by atoms with Crippen molar-refractivity contribution in [3.63, 3.8) is 0 Å². The topological polar surface area (TPSA) is 66.8 Å². The molecule has 0 atom stereocenters. The van der Waals surface area contributed by atoms with Gasteiger partial charge in [0.25, 0.3) is 0 Å². The van der Waals surface area contributed by atoms with Crippen LogP contribution in [0, 0.1) is 0 Å². The normalized spacial score (nSPS) is 10.4. The van der Waals surface area contributed by atoms with E-state index >= 15 is 0 Å². The van der Waals surface area contributed by atoms with Gasteiger partial charge in [-0.25, -0.2) is 9.97 Å². The lowest BCUT2D eigenvalue weighted by molar-refractivity contribution is 0.967. The molecule has 6 nitrogen and oxygen atoms in total. The van der Waals surface area contributed by atoms with Gasteiger partial charge in [-0.2, -0.15) is 0 Å². The van der Waals surface area contributed by atoms with Gasteiger partial charge in [0.15, 0.2) is 4.34 Å². The van der Waals surface area contributed by atoms with Crippen molar-refractivity contribution in [3.05, 3.63) is 12.3 Å². The van der Waals surface area contributed by atoms with E-state index in [0.717, 1.165) is 21.0 Å². The third-order valence-corrected chi connectivity index (χ3v) is 4.01. The fourth-order valence-electron chi connectivity index (χ4n) is 1.16. The maximum atomic E-state index is 4.38. The van der Waals surface area contributed by atoms with Crippen LogP contribution in [0.3, 0.4) is 0 Å². The molecule has 2 aromatic heterocycles. The highest BCUT2D eigenvalue weighted by Crippen LogP contribution is 2.31. The Balaban J connectivity index is 2.10. The average Bonchev–Trinajstić information content (AvgIpc) is 2.78. The lowest BCUT2D eigenvalue weighted by Crippen LogP contribution is -2.07. The maximum Gasteiger partial charge on any atom is 0.223 e. The van der Waals surface area contributed by atoms with Gasteiger partial charge >= 0.3 is 0 Å². The standard InChI is InChI=1S/C10H14N6S2/c1-4-11-8-12-6-5-7(13-8)17-10-15-14-9(18-10)16(2)3/h5-6H,4H2,1-3H3,(H,11,12,13). The van der Waals surface area contributed by atoms with Gasteiger partial charge < -0.3 is 10.2 Å². The van der Waals surface area contributed by atoms with Crippen LogP contribution in [0.4, 0.5) is 11.1 Å². The van der Waals surface area contributed by atoms with Crippen LogP contribution in [0.5, 0.6) is 0 Å². The Hall–Kier alpha value is -1.41. The Morgan fingerprint density at radius 3 is 2.89 bits per heavy atom. The minimum atomic E-state index is 0.639. The zero-order valence-electron chi connectivity index (χ0n) is 10.4. The predicted molar refractivity (Wildman–Crippen MR) is 74.6 cm³/mol. The first-order chi connectivity index (χ1) is 8.69. The van der Waals surface area contributed by atoms with E-state index in [1.807, 2.05) is 32.0 Å². The summed E-state index contributed by atoms with van der Waals surface area (Å²) in [6.07, 6.45) is 1.74. The van der Waals surface area contributed by atoms with E-state index in [4.69, 9.17) is 0 Å². The summed E-state index contributed by atoms with van der Waals surface area (Å²) < 4.78 is 0.875. The smallest absolute Gasteiger partial charge is 0.223 e. The molecule has 0 unspecified atom stereocenters. The van der Waals surface area contributed by atoms with E-state index in [9.17, 15) is 0 Å². The fraction of sp³-hybridized carbons (Fsp3) is 0.400. The van der Waals surface area contributed by atoms with Crippen molar-refractivity contribution in [1.29, 1.82) is 0 Å². The van der Waals surface area contributed by atoms with Crippen molar-refractivity contribution in [3.8, 4) is 0 Å². The monoisotopic (exact) mass is 282 g/mol. The highest BCUT2D eigenvalue weighted by molar-refractivity contribution is 8.01. The van der Waals surface area contributed by atoms with Crippen LogP contribution in [-0.4, -0.2) is 40.8 Å². The quantitative estimate of drug-likeness (QED) is 0.841. The summed E-state index contributed by atoms with van der Waals surface area (Å²) in [4.78, 5) is 10.4. The number of hydrogen-bond donors (Lipinski definition) is 1. The number of nitrogens with one attached hydrogen (secondary N) is 1. The van der Waals surface area contributed by atoms with E-state index in [-0.39, 0.29) is 0 Å². The van der Waals surface area contributed by atoms with Gasteiger partial charge in [0, 0.05) is 26.8 Å². The van der Waals surface area contributed by atoms with Gasteiger partial charge in [-0.15, -0.1) is 10.2 Å². The van der Waals surface area contributed by atoms with Crippen molar-refractivity contribution in [2.45, 2.75) is 16.3 Å². The second-order valence-electron chi connectivity index (χ2n) is 3.60. The molecule has 0 aliphatic carbocycles. The van der Waals surface area contributed by atoms with Crippen LogP contribution >= 0.6 is 23.1 Å². The molecule has 0 aromatic carbocycles. The number of aromatic nitrogens is 4. The minimum Gasteiger partial charge on any atom is -0.354 e. The largest absolute Gasteiger partial charge is 0.354 e. The molecule has 2 rings (SSSR count). The lowest BCUT2D eigenvalue weighted by atomic mass is 10.6. The van der Waals surface area contributed by atoms with Crippen molar-refractivity contribution in [2.75, 3.05) is 30.9 Å². The molecule has 2 heterocycles. The molecule has 0 bridgehead atoms. The lowest BCUT2D eigenvalue weighted by Gasteiger charge is -2.04. The van der Waals surface area contributed by atoms with Crippen molar-refractivity contribution in [2.24, 2.45) is 0 Å². The molecule has 96 valence electrons. The molecule has 0 aliphatic rings. The van der Waals surface area contributed by atoms with Crippen LogP contribution in [0.25, 0.3) is 0 Å². The van der Waals surface area contributed by atoms with E-state index in [2.05, 4.69) is 25.5 Å². The third kappa shape index (κ3) is 3.30. The third-order valence-electron chi connectivity index (χ3n) is 1.94. The molecular weight excluding hydrogens is 268 g/mol. The zero-order chi connectivity index (χ0) is 13.0. The van der Waals surface area contributed by atoms with E-state index in [1.165, 1.54) is 11.8 Å². The second-order valence-corrected chi connectivity index (χ2v) is 5.82. The number of nitrogens with zero attached hydrogens (tertiary/aromatic N) is 5. The molecule has 0 amide bonds. The molecule has 0 saturated heterocycles. The Morgan fingerprint density at radius 2 is 2.22 bits per heavy atom. The highest BCUT2D eigenvalue weighted by atomic mass is 32.2. The fourth-order valence-corrected chi connectivity index (χ4v) is 2.83. The number of hydrogen-bond acceptors (Lipinski definition) is 8. The van der Waals surface area contributed by atoms with E-state index < -0.39 is 0 Å². The Kier molecular flexibility index (Phi) is 4.32. The molecular formula is C10H14N6S2. The summed E-state index contributed by atoms with van der Waals surface area (Å²) in [5, 5.41) is 13.0. The Morgan fingerprint density at radius 1 is 1.39 bits per heavy atom. The molecule has 0 radical (unpaired) electrons. The average molecular weight is 282 g/mol. The summed E-state index contributed by atoms with van der Waals surface area (Å²) in [7, 11) is 3.89. The van der Waals surface area contributed by atoms with Crippen LogP contribution < -0.4 is 10.2 Å². The van der Waals surface area contributed by atoms with Crippen LogP contribution in [-0.2, 0) is 0 Å². The van der Waals surface area contributed by atoms with Gasteiger partial charge in [-0.3, -0.25) is 0 Å². The summed E-state index contributed by atoms with van der Waals surface area (Å²) >= 11 is 3.03. The number of anilines is 2. The SMILES string of the molecule is CCNc1nccc(Sc2nnc(N(C)C)s2)n1. The van der Waals surface area contributed by atoms with Gasteiger partial charge in [-0.1, -0.05) is 11.3 Å². The maximum absolute atomic E-state index is 4.38. The number of rotatable bonds is 5. The molecule has 8 heteroatoms. The van der Waals surface area contributed by atoms with Gasteiger partial charge in [0.2, 0.25) is 11.1 Å². The molecule has 1 N–H and O–H groups in total. The summed E-state index contributed by atoms with van der Waals surface area (Å²) in [6.45, 7) is 2.81. The molecule has 0 spiro atoms. The van der Waals surface area contributed by atoms with Crippen LogP contribution in [0.15, 0.2) is 21.6 Å². The Bertz CT molecular complexity index is 513. The van der Waals surface area contributed by atoms with Crippen molar-refractivity contribution >= 4 is 34.2 Å². The van der Waals surface area contributed by atoms with Crippen molar-refractivity contribution in [1.82, 2.24) is 20.2 Å². The summed E-state index contributed by atoms with van der Waals surface area (Å²) in [6, 6.07) is 1.86. The highest BCUT2D eigenvalue weighted by Gasteiger charge is 2.08. The molecule has 0 aliphatic heterocycles. The van der Waals surface area contributed by atoms with Crippen LogP contribution in [0.2, 0.25) is 0 Å². The first-order valence-electron chi connectivity index (χ1n) is 5.44. The van der Waals surface area contributed by atoms with Crippen molar-refractivity contribution < 1.29 is 0 Å². The van der Waals surface area contributed by atoms with Crippen LogP contribution in [0.1, 0.15) is 6.92 Å². The first-order valence-corrected chi connectivity index (χ1v) is 7.08. The van der Waals surface area contributed by atoms with Gasteiger partial charge in [-0.05, 0) is 24.8 Å². The van der Waals surface area contributed by atoms with E-state index in [0.29, 0.717) is 5.95 Å². The molecule has 2 aromatic rings. The minimum absolute atomic E-state index is 0.639. The second kappa shape index (κ2) is 5.96. The summed E-state index contributed by atoms with van der Waals surface area (Å²) in [5.74, 6) is 0.639. The first kappa shape index (κ1) is 13.0. The van der Waals surface area contributed by atoms with E-state index in [1.54, 1.807) is 17.5 Å². The van der Waals surface area contributed by atoms with Gasteiger partial charge in [0.1, 0.15) is 5.03 Å². The molecule has 0 saturated carbocycles. The Labute approximate surface area is 114 Å². The molecule has 18 heavy (non-hydrogen) atoms. The summed E-state index contributed by atoms with van der Waals surface area (Å²) in [5.41, 5.74) is 0. The predicted octanol–water partition coefficient (Wildman–Crippen LogP) is 1.98.